The first kappa shape index (κ1) is 13.8. The van der Waals surface area contributed by atoms with Gasteiger partial charge in [-0.05, 0) is 55.5 Å². The number of amides is 1. The summed E-state index contributed by atoms with van der Waals surface area (Å²) in [6.07, 6.45) is 2.57. The lowest BCUT2D eigenvalue weighted by atomic mass is 9.80. The molecule has 0 fully saturated rings. The first-order valence-electron chi connectivity index (χ1n) is 7.29. The number of hydrogen-bond donors (Lipinski definition) is 2. The number of benzene rings is 2. The highest BCUT2D eigenvalue weighted by atomic mass is 16.3. The maximum atomic E-state index is 12.3. The Hall–Kier alpha value is -2.13. The van der Waals surface area contributed by atoms with Crippen molar-refractivity contribution in [1.29, 1.82) is 0 Å². The molecule has 0 saturated carbocycles. The maximum absolute atomic E-state index is 12.3. The average molecular weight is 281 g/mol. The first-order chi connectivity index (χ1) is 10.1. The maximum Gasteiger partial charge on any atom is 0.255 e. The van der Waals surface area contributed by atoms with Gasteiger partial charge in [0, 0.05) is 11.3 Å². The number of fused-ring (bicyclic) bond motifs is 1. The molecule has 0 spiro atoms. The van der Waals surface area contributed by atoms with E-state index in [1.807, 2.05) is 43.3 Å². The van der Waals surface area contributed by atoms with Crippen LogP contribution in [0.4, 0.5) is 5.69 Å². The highest BCUT2D eigenvalue weighted by Crippen LogP contribution is 2.38. The topological polar surface area (TPSA) is 49.3 Å². The normalized spacial score (nSPS) is 20.7. The van der Waals surface area contributed by atoms with Gasteiger partial charge < -0.3 is 10.4 Å². The van der Waals surface area contributed by atoms with E-state index in [1.54, 1.807) is 12.1 Å². The van der Waals surface area contributed by atoms with Crippen LogP contribution < -0.4 is 5.32 Å². The van der Waals surface area contributed by atoms with Crippen LogP contribution >= 0.6 is 0 Å². The van der Waals surface area contributed by atoms with Crippen LogP contribution in [0.3, 0.4) is 0 Å². The van der Waals surface area contributed by atoms with Gasteiger partial charge in [0.25, 0.3) is 5.91 Å². The van der Waals surface area contributed by atoms with Crippen LogP contribution in [-0.4, -0.2) is 11.0 Å². The van der Waals surface area contributed by atoms with Crippen molar-refractivity contribution in [3.8, 4) is 0 Å². The molecule has 3 rings (SSSR count). The van der Waals surface area contributed by atoms with Gasteiger partial charge in [-0.25, -0.2) is 0 Å². The average Bonchev–Trinajstić information content (AvgIpc) is 2.49. The summed E-state index contributed by atoms with van der Waals surface area (Å²) in [7, 11) is 0. The first-order valence-corrected chi connectivity index (χ1v) is 7.29. The molecule has 0 radical (unpaired) electrons. The molecule has 0 saturated heterocycles. The second-order valence-corrected chi connectivity index (χ2v) is 5.78. The minimum absolute atomic E-state index is 0.116. The van der Waals surface area contributed by atoms with Crippen LogP contribution in [0.25, 0.3) is 0 Å². The number of rotatable bonds is 2. The molecule has 1 atom stereocenters. The molecule has 2 aromatic carbocycles. The summed E-state index contributed by atoms with van der Waals surface area (Å²) in [6.45, 7) is 1.84. The molecule has 3 heteroatoms. The highest BCUT2D eigenvalue weighted by molar-refractivity contribution is 6.04. The predicted octanol–water partition coefficient (Wildman–Crippen LogP) is 3.48. The molecule has 2 aromatic rings. The minimum atomic E-state index is -0.804. The Morgan fingerprint density at radius 2 is 1.90 bits per heavy atom. The Balaban J connectivity index is 1.92. The molecule has 0 aromatic heterocycles. The molecular weight excluding hydrogens is 262 g/mol. The third kappa shape index (κ3) is 2.69. The summed E-state index contributed by atoms with van der Waals surface area (Å²) < 4.78 is 0. The highest BCUT2D eigenvalue weighted by Gasteiger charge is 2.30. The smallest absolute Gasteiger partial charge is 0.255 e. The Labute approximate surface area is 124 Å². The lowest BCUT2D eigenvalue weighted by Crippen LogP contribution is -2.28. The Kier molecular flexibility index (Phi) is 3.52. The molecular formula is C18H19NO2. The van der Waals surface area contributed by atoms with Gasteiger partial charge in [0.1, 0.15) is 0 Å². The molecule has 2 N–H and O–H groups in total. The lowest BCUT2D eigenvalue weighted by Gasteiger charge is -2.32. The van der Waals surface area contributed by atoms with Gasteiger partial charge in [-0.15, -0.1) is 0 Å². The van der Waals surface area contributed by atoms with Crippen molar-refractivity contribution < 1.29 is 9.90 Å². The van der Waals surface area contributed by atoms with E-state index < -0.39 is 5.60 Å². The summed E-state index contributed by atoms with van der Waals surface area (Å²) in [5, 5.41) is 13.5. The van der Waals surface area contributed by atoms with Crippen LogP contribution in [0.15, 0.2) is 48.5 Å². The van der Waals surface area contributed by atoms with Crippen molar-refractivity contribution in [2.45, 2.75) is 31.8 Å². The quantitative estimate of drug-likeness (QED) is 0.885. The van der Waals surface area contributed by atoms with E-state index in [0.717, 1.165) is 36.1 Å². The van der Waals surface area contributed by atoms with Crippen molar-refractivity contribution in [1.82, 2.24) is 0 Å². The fourth-order valence-corrected chi connectivity index (χ4v) is 3.01. The van der Waals surface area contributed by atoms with E-state index in [2.05, 4.69) is 5.32 Å². The molecule has 0 heterocycles. The molecule has 0 bridgehead atoms. The van der Waals surface area contributed by atoms with Crippen LogP contribution in [0.2, 0.25) is 0 Å². The zero-order valence-electron chi connectivity index (χ0n) is 12.1. The molecule has 1 aliphatic carbocycles. The van der Waals surface area contributed by atoms with Crippen molar-refractivity contribution >= 4 is 11.6 Å². The Morgan fingerprint density at radius 3 is 2.67 bits per heavy atom. The number of carbonyl (C=O) groups excluding carboxylic acids is 1. The van der Waals surface area contributed by atoms with Gasteiger partial charge in [0.15, 0.2) is 0 Å². The fraction of sp³-hybridized carbons (Fsp3) is 0.278. The number of anilines is 1. The predicted molar refractivity (Wildman–Crippen MR) is 83.3 cm³/mol. The third-order valence-electron chi connectivity index (χ3n) is 4.13. The number of carbonyl (C=O) groups is 1. The zero-order valence-corrected chi connectivity index (χ0v) is 12.1. The lowest BCUT2D eigenvalue weighted by molar-refractivity contribution is 0.0388. The second-order valence-electron chi connectivity index (χ2n) is 5.78. The summed E-state index contributed by atoms with van der Waals surface area (Å²) in [6, 6.07) is 14.9. The summed E-state index contributed by atoms with van der Waals surface area (Å²) >= 11 is 0. The standard InChI is InChI=1S/C18H19NO2/c1-18(21)12-6-9-14-15(18)10-5-11-16(14)19-17(20)13-7-3-2-4-8-13/h2-5,7-8,10-11,21H,6,9,12H2,1H3,(H,19,20). The molecule has 0 aliphatic heterocycles. The van der Waals surface area contributed by atoms with E-state index >= 15 is 0 Å². The molecule has 1 aliphatic rings. The van der Waals surface area contributed by atoms with Gasteiger partial charge in [-0.2, -0.15) is 0 Å². The van der Waals surface area contributed by atoms with Crippen LogP contribution in [0.5, 0.6) is 0 Å². The van der Waals surface area contributed by atoms with Gasteiger partial charge in [0.05, 0.1) is 5.60 Å². The van der Waals surface area contributed by atoms with E-state index in [-0.39, 0.29) is 5.91 Å². The van der Waals surface area contributed by atoms with E-state index in [9.17, 15) is 9.90 Å². The third-order valence-corrected chi connectivity index (χ3v) is 4.13. The van der Waals surface area contributed by atoms with Gasteiger partial charge in [-0.3, -0.25) is 4.79 Å². The monoisotopic (exact) mass is 281 g/mol. The van der Waals surface area contributed by atoms with Crippen molar-refractivity contribution in [2.24, 2.45) is 0 Å². The molecule has 1 unspecified atom stereocenters. The van der Waals surface area contributed by atoms with Crippen molar-refractivity contribution in [3.63, 3.8) is 0 Å². The minimum Gasteiger partial charge on any atom is -0.385 e. The van der Waals surface area contributed by atoms with Gasteiger partial charge in [0.2, 0.25) is 0 Å². The van der Waals surface area contributed by atoms with Crippen molar-refractivity contribution in [2.75, 3.05) is 5.32 Å². The molecule has 3 nitrogen and oxygen atoms in total. The summed E-state index contributed by atoms with van der Waals surface area (Å²) in [5.74, 6) is -0.116. The van der Waals surface area contributed by atoms with Gasteiger partial charge >= 0.3 is 0 Å². The van der Waals surface area contributed by atoms with Crippen LogP contribution in [-0.2, 0) is 12.0 Å². The molecule has 1 amide bonds. The zero-order chi connectivity index (χ0) is 14.9. The van der Waals surface area contributed by atoms with Crippen molar-refractivity contribution in [3.05, 3.63) is 65.2 Å². The number of nitrogens with one attached hydrogen (secondary N) is 1. The van der Waals surface area contributed by atoms with E-state index in [1.165, 1.54) is 0 Å². The van der Waals surface area contributed by atoms with Gasteiger partial charge in [-0.1, -0.05) is 30.3 Å². The summed E-state index contributed by atoms with van der Waals surface area (Å²) in [4.78, 5) is 12.3. The SMILES string of the molecule is CC1(O)CCCc2c(NC(=O)c3ccccc3)cccc21. The molecule has 108 valence electrons. The van der Waals surface area contributed by atoms with E-state index in [0.29, 0.717) is 5.56 Å². The number of aliphatic hydroxyl groups is 1. The summed E-state index contributed by atoms with van der Waals surface area (Å²) in [5.41, 5.74) is 2.62. The largest absolute Gasteiger partial charge is 0.385 e. The Morgan fingerprint density at radius 1 is 1.14 bits per heavy atom. The molecule has 21 heavy (non-hydrogen) atoms. The Bertz CT molecular complexity index is 662. The van der Waals surface area contributed by atoms with Crippen LogP contribution in [0.1, 0.15) is 41.3 Å². The van der Waals surface area contributed by atoms with E-state index in [4.69, 9.17) is 0 Å². The second kappa shape index (κ2) is 5.34. The fourth-order valence-electron chi connectivity index (χ4n) is 3.01. The number of hydrogen-bond acceptors (Lipinski definition) is 2. The van der Waals surface area contributed by atoms with Crippen LogP contribution in [0, 0.1) is 0 Å².